The molecule has 0 bridgehead atoms. The predicted molar refractivity (Wildman–Crippen MR) is 90.0 cm³/mol. The van der Waals surface area contributed by atoms with Crippen molar-refractivity contribution in [2.45, 2.75) is 32.8 Å². The highest BCUT2D eigenvalue weighted by Crippen LogP contribution is 2.31. The maximum absolute atomic E-state index is 10.6. The van der Waals surface area contributed by atoms with Crippen LogP contribution in [0.15, 0.2) is 40.9 Å². The molecule has 21 heavy (non-hydrogen) atoms. The van der Waals surface area contributed by atoms with Crippen LogP contribution in [-0.4, -0.2) is 12.2 Å². The van der Waals surface area contributed by atoms with E-state index in [1.165, 1.54) is 11.1 Å². The fourth-order valence-electron chi connectivity index (χ4n) is 2.54. The second-order valence-electron chi connectivity index (χ2n) is 5.03. The lowest BCUT2D eigenvalue weighted by Gasteiger charge is -2.16. The molecule has 2 aromatic carbocycles. The first-order chi connectivity index (χ1) is 10.1. The monoisotopic (exact) mass is 348 g/mol. The molecule has 112 valence electrons. The maximum Gasteiger partial charge on any atom is 0.133 e. The van der Waals surface area contributed by atoms with Crippen LogP contribution in [0.3, 0.4) is 0 Å². The van der Waals surface area contributed by atoms with Crippen molar-refractivity contribution in [1.29, 1.82) is 0 Å². The molecule has 0 saturated carbocycles. The summed E-state index contributed by atoms with van der Waals surface area (Å²) in [5.74, 6) is 0.765. The molecule has 2 aromatic rings. The highest BCUT2D eigenvalue weighted by Gasteiger charge is 2.14. The van der Waals surface area contributed by atoms with Crippen LogP contribution < -0.4 is 4.74 Å². The van der Waals surface area contributed by atoms with Crippen LogP contribution in [0.2, 0.25) is 0 Å². The highest BCUT2D eigenvalue weighted by molar-refractivity contribution is 9.10. The number of hydrogen-bond acceptors (Lipinski definition) is 2. The minimum Gasteiger partial charge on any atom is -0.496 e. The SMILES string of the molecule is CCc1ccc(C(O)c2ccc(OC)c(Br)c2)cc1CC. The molecule has 0 heterocycles. The number of halogens is 1. The van der Waals surface area contributed by atoms with Crippen molar-refractivity contribution in [3.05, 3.63) is 63.1 Å². The van der Waals surface area contributed by atoms with Crippen LogP contribution in [0.5, 0.6) is 5.75 Å². The van der Waals surface area contributed by atoms with Crippen molar-refractivity contribution in [2.75, 3.05) is 7.11 Å². The van der Waals surface area contributed by atoms with Gasteiger partial charge in [0.2, 0.25) is 0 Å². The summed E-state index contributed by atoms with van der Waals surface area (Å²) in [7, 11) is 1.63. The van der Waals surface area contributed by atoms with Gasteiger partial charge in [-0.2, -0.15) is 0 Å². The number of aliphatic hydroxyl groups excluding tert-OH is 1. The van der Waals surface area contributed by atoms with Crippen molar-refractivity contribution in [2.24, 2.45) is 0 Å². The Hall–Kier alpha value is -1.32. The zero-order chi connectivity index (χ0) is 15.4. The molecule has 0 fully saturated rings. The van der Waals surface area contributed by atoms with E-state index in [1.807, 2.05) is 24.3 Å². The molecule has 3 heteroatoms. The van der Waals surface area contributed by atoms with Gasteiger partial charge in [-0.25, -0.2) is 0 Å². The van der Waals surface area contributed by atoms with Gasteiger partial charge in [-0.05, 0) is 63.2 Å². The third-order valence-electron chi connectivity index (χ3n) is 3.80. The molecule has 0 saturated heterocycles. The van der Waals surface area contributed by atoms with Crippen LogP contribution in [0.4, 0.5) is 0 Å². The maximum atomic E-state index is 10.6. The molecule has 1 unspecified atom stereocenters. The molecule has 1 N–H and O–H groups in total. The van der Waals surface area contributed by atoms with E-state index in [9.17, 15) is 5.11 Å². The predicted octanol–water partition coefficient (Wildman–Crippen LogP) is 4.66. The van der Waals surface area contributed by atoms with Crippen LogP contribution in [-0.2, 0) is 12.8 Å². The first-order valence-electron chi connectivity index (χ1n) is 7.23. The van der Waals surface area contributed by atoms with E-state index < -0.39 is 6.10 Å². The van der Waals surface area contributed by atoms with Gasteiger partial charge in [0.25, 0.3) is 0 Å². The average Bonchev–Trinajstić information content (AvgIpc) is 2.53. The summed E-state index contributed by atoms with van der Waals surface area (Å²) in [5, 5.41) is 10.6. The fraction of sp³-hybridized carbons (Fsp3) is 0.333. The highest BCUT2D eigenvalue weighted by atomic mass is 79.9. The first kappa shape index (κ1) is 16.1. The van der Waals surface area contributed by atoms with Crippen LogP contribution in [0.25, 0.3) is 0 Å². The lowest BCUT2D eigenvalue weighted by Crippen LogP contribution is -2.02. The second-order valence-corrected chi connectivity index (χ2v) is 5.89. The number of benzene rings is 2. The topological polar surface area (TPSA) is 29.5 Å². The van der Waals surface area contributed by atoms with E-state index in [4.69, 9.17) is 4.74 Å². The summed E-state index contributed by atoms with van der Waals surface area (Å²) in [6.07, 6.45) is 1.38. The molecule has 0 aliphatic heterocycles. The van der Waals surface area contributed by atoms with Gasteiger partial charge < -0.3 is 9.84 Å². The normalized spacial score (nSPS) is 12.2. The Labute approximate surface area is 134 Å². The molecule has 0 aromatic heterocycles. The fourth-order valence-corrected chi connectivity index (χ4v) is 3.09. The van der Waals surface area contributed by atoms with Gasteiger partial charge in [0.1, 0.15) is 11.9 Å². The van der Waals surface area contributed by atoms with Gasteiger partial charge >= 0.3 is 0 Å². The third kappa shape index (κ3) is 3.47. The second kappa shape index (κ2) is 7.10. The number of ether oxygens (including phenoxy) is 1. The summed E-state index contributed by atoms with van der Waals surface area (Å²) in [6.45, 7) is 4.31. The van der Waals surface area contributed by atoms with E-state index in [0.717, 1.165) is 34.2 Å². The largest absolute Gasteiger partial charge is 0.496 e. The van der Waals surface area contributed by atoms with Gasteiger partial charge in [-0.3, -0.25) is 0 Å². The Morgan fingerprint density at radius 2 is 1.62 bits per heavy atom. The average molecular weight is 349 g/mol. The molecular weight excluding hydrogens is 328 g/mol. The number of hydrogen-bond donors (Lipinski definition) is 1. The molecule has 0 amide bonds. The third-order valence-corrected chi connectivity index (χ3v) is 4.42. The van der Waals surface area contributed by atoms with Gasteiger partial charge in [0, 0.05) is 0 Å². The smallest absolute Gasteiger partial charge is 0.133 e. The van der Waals surface area contributed by atoms with E-state index >= 15 is 0 Å². The molecule has 1 atom stereocenters. The minimum atomic E-state index is -0.622. The van der Waals surface area contributed by atoms with Crippen LogP contribution >= 0.6 is 15.9 Å². The van der Waals surface area contributed by atoms with Crippen molar-refractivity contribution in [1.82, 2.24) is 0 Å². The van der Waals surface area contributed by atoms with Gasteiger partial charge in [-0.15, -0.1) is 0 Å². The Kier molecular flexibility index (Phi) is 5.43. The Bertz CT molecular complexity index is 623. The minimum absolute atomic E-state index is 0.622. The molecule has 0 aliphatic rings. The van der Waals surface area contributed by atoms with Crippen molar-refractivity contribution >= 4 is 15.9 Å². The van der Waals surface area contributed by atoms with Crippen molar-refractivity contribution < 1.29 is 9.84 Å². The molecular formula is C18H21BrO2. The summed E-state index contributed by atoms with van der Waals surface area (Å²) in [5.41, 5.74) is 4.45. The lowest BCUT2D eigenvalue weighted by atomic mass is 9.95. The van der Waals surface area contributed by atoms with Crippen LogP contribution in [0, 0.1) is 0 Å². The van der Waals surface area contributed by atoms with Gasteiger partial charge in [-0.1, -0.05) is 38.1 Å². The standard InChI is InChI=1S/C18H21BrO2/c1-4-12-6-7-14(10-13(12)5-2)18(20)15-8-9-17(21-3)16(19)11-15/h6-11,18,20H,4-5H2,1-3H3. The molecule has 0 aliphatic carbocycles. The zero-order valence-electron chi connectivity index (χ0n) is 12.7. The summed E-state index contributed by atoms with van der Waals surface area (Å²) in [4.78, 5) is 0. The van der Waals surface area contributed by atoms with E-state index in [2.05, 4.69) is 41.9 Å². The Morgan fingerprint density at radius 1 is 1.00 bits per heavy atom. The lowest BCUT2D eigenvalue weighted by molar-refractivity contribution is 0.220. The van der Waals surface area contributed by atoms with Crippen molar-refractivity contribution in [3.63, 3.8) is 0 Å². The molecule has 0 spiro atoms. The first-order valence-corrected chi connectivity index (χ1v) is 8.03. The Balaban J connectivity index is 2.35. The quantitative estimate of drug-likeness (QED) is 0.850. The summed E-state index contributed by atoms with van der Waals surface area (Å²) in [6, 6.07) is 11.9. The van der Waals surface area contributed by atoms with E-state index in [0.29, 0.717) is 0 Å². The molecule has 2 rings (SSSR count). The number of aryl methyl sites for hydroxylation is 2. The Morgan fingerprint density at radius 3 is 2.19 bits per heavy atom. The van der Waals surface area contributed by atoms with Gasteiger partial charge in [0.15, 0.2) is 0 Å². The van der Waals surface area contributed by atoms with Gasteiger partial charge in [0.05, 0.1) is 11.6 Å². The zero-order valence-corrected chi connectivity index (χ0v) is 14.3. The van der Waals surface area contributed by atoms with Crippen molar-refractivity contribution in [3.8, 4) is 5.75 Å². The number of methoxy groups -OCH3 is 1. The number of rotatable bonds is 5. The van der Waals surface area contributed by atoms with E-state index in [-0.39, 0.29) is 0 Å². The molecule has 2 nitrogen and oxygen atoms in total. The van der Waals surface area contributed by atoms with E-state index in [1.54, 1.807) is 7.11 Å². The number of aliphatic hydroxyl groups is 1. The summed E-state index contributed by atoms with van der Waals surface area (Å²) < 4.78 is 6.07. The van der Waals surface area contributed by atoms with Crippen LogP contribution in [0.1, 0.15) is 42.2 Å². The molecule has 0 radical (unpaired) electrons. The summed E-state index contributed by atoms with van der Waals surface area (Å²) >= 11 is 3.46.